The normalized spacial score (nSPS) is 11.7. The van der Waals surface area contributed by atoms with Crippen molar-refractivity contribution in [1.82, 2.24) is 10.2 Å². The number of nitrogens with zero attached hydrogens (tertiary/aromatic N) is 1. The largest absolute Gasteiger partial charge is 0.354 e. The second-order valence-electron chi connectivity index (χ2n) is 6.53. The zero-order valence-electron chi connectivity index (χ0n) is 16.0. The van der Waals surface area contributed by atoms with E-state index in [1.807, 2.05) is 44.2 Å². The Kier molecular flexibility index (Phi) is 7.99. The number of hydrogen-bond donors (Lipinski definition) is 1. The summed E-state index contributed by atoms with van der Waals surface area (Å²) in [5, 5.41) is 2.89. The van der Waals surface area contributed by atoms with Crippen LogP contribution in [0.2, 0.25) is 0 Å². The van der Waals surface area contributed by atoms with Gasteiger partial charge < -0.3 is 10.2 Å². The Morgan fingerprint density at radius 3 is 2.26 bits per heavy atom. The molecule has 0 aromatic heterocycles. The monoisotopic (exact) mass is 370 g/mol. The average molecular weight is 370 g/mol. The second-order valence-corrected chi connectivity index (χ2v) is 6.53. The zero-order chi connectivity index (χ0) is 19.6. The van der Waals surface area contributed by atoms with Gasteiger partial charge in [-0.15, -0.1) is 0 Å². The zero-order valence-corrected chi connectivity index (χ0v) is 16.0. The fraction of sp³-hybridized carbons (Fsp3) is 0.364. The van der Waals surface area contributed by atoms with Crippen LogP contribution >= 0.6 is 0 Å². The number of hydrogen-bond acceptors (Lipinski definition) is 2. The Balaban J connectivity index is 2.22. The van der Waals surface area contributed by atoms with Gasteiger partial charge in [0.25, 0.3) is 0 Å². The van der Waals surface area contributed by atoms with Gasteiger partial charge in [-0.25, -0.2) is 4.39 Å². The van der Waals surface area contributed by atoms with Crippen LogP contribution in [0.5, 0.6) is 0 Å². The van der Waals surface area contributed by atoms with Crippen molar-refractivity contribution in [2.75, 3.05) is 6.54 Å². The minimum Gasteiger partial charge on any atom is -0.354 e. The highest BCUT2D eigenvalue weighted by Gasteiger charge is 2.28. The maximum atomic E-state index is 13.1. The quantitative estimate of drug-likeness (QED) is 0.732. The van der Waals surface area contributed by atoms with E-state index in [9.17, 15) is 14.0 Å². The first-order chi connectivity index (χ1) is 13.0. The molecule has 1 unspecified atom stereocenters. The van der Waals surface area contributed by atoms with E-state index in [0.717, 1.165) is 17.5 Å². The summed E-state index contributed by atoms with van der Waals surface area (Å²) in [6, 6.07) is 15.0. The van der Waals surface area contributed by atoms with E-state index < -0.39 is 6.04 Å². The molecule has 0 saturated heterocycles. The fourth-order valence-electron chi connectivity index (χ4n) is 2.94. The van der Waals surface area contributed by atoms with Crippen LogP contribution < -0.4 is 5.32 Å². The standard InChI is InChI=1S/C22H27FN2O2/c1-3-14-24-22(27)20(4-2)25(16-18-8-6-5-7-9-18)21(26)15-17-10-12-19(23)13-11-17/h5-13,20H,3-4,14-16H2,1-2H3,(H,24,27). The smallest absolute Gasteiger partial charge is 0.242 e. The minimum absolute atomic E-state index is 0.130. The van der Waals surface area contributed by atoms with Gasteiger partial charge in [-0.1, -0.05) is 56.3 Å². The molecule has 5 heteroatoms. The summed E-state index contributed by atoms with van der Waals surface area (Å²) in [6.45, 7) is 4.83. The highest BCUT2D eigenvalue weighted by atomic mass is 19.1. The molecule has 0 aliphatic rings. The Morgan fingerprint density at radius 2 is 1.67 bits per heavy atom. The number of carbonyl (C=O) groups excluding carboxylic acids is 2. The molecule has 0 fully saturated rings. The fourth-order valence-corrected chi connectivity index (χ4v) is 2.94. The van der Waals surface area contributed by atoms with Crippen molar-refractivity contribution >= 4 is 11.8 Å². The highest BCUT2D eigenvalue weighted by molar-refractivity contribution is 5.88. The van der Waals surface area contributed by atoms with E-state index in [2.05, 4.69) is 5.32 Å². The minimum atomic E-state index is -0.537. The Bertz CT molecular complexity index is 732. The van der Waals surface area contributed by atoms with Crippen LogP contribution in [0.25, 0.3) is 0 Å². The van der Waals surface area contributed by atoms with E-state index in [0.29, 0.717) is 19.5 Å². The van der Waals surface area contributed by atoms with Crippen LogP contribution in [0, 0.1) is 5.82 Å². The number of carbonyl (C=O) groups is 2. The second kappa shape index (κ2) is 10.5. The predicted octanol–water partition coefficient (Wildman–Crippen LogP) is 3.70. The van der Waals surface area contributed by atoms with Gasteiger partial charge in [0, 0.05) is 13.1 Å². The number of amides is 2. The third-order valence-corrected chi connectivity index (χ3v) is 4.40. The van der Waals surface area contributed by atoms with E-state index in [4.69, 9.17) is 0 Å². The molecular weight excluding hydrogens is 343 g/mol. The van der Waals surface area contributed by atoms with Gasteiger partial charge in [0.2, 0.25) is 11.8 Å². The molecule has 144 valence electrons. The summed E-state index contributed by atoms with van der Waals surface area (Å²) < 4.78 is 13.1. The molecular formula is C22H27FN2O2. The van der Waals surface area contributed by atoms with Crippen LogP contribution in [0.15, 0.2) is 54.6 Å². The van der Waals surface area contributed by atoms with Gasteiger partial charge in [0.05, 0.1) is 6.42 Å². The van der Waals surface area contributed by atoms with Crippen molar-refractivity contribution in [1.29, 1.82) is 0 Å². The van der Waals surface area contributed by atoms with Crippen molar-refractivity contribution in [2.24, 2.45) is 0 Å². The van der Waals surface area contributed by atoms with Gasteiger partial charge in [-0.2, -0.15) is 0 Å². The Labute approximate surface area is 160 Å². The average Bonchev–Trinajstić information content (AvgIpc) is 2.68. The van der Waals surface area contributed by atoms with E-state index >= 15 is 0 Å². The lowest BCUT2D eigenvalue weighted by Gasteiger charge is -2.30. The van der Waals surface area contributed by atoms with Crippen molar-refractivity contribution < 1.29 is 14.0 Å². The van der Waals surface area contributed by atoms with E-state index in [1.165, 1.54) is 12.1 Å². The van der Waals surface area contributed by atoms with Crippen LogP contribution in [0.1, 0.15) is 37.8 Å². The first-order valence-corrected chi connectivity index (χ1v) is 9.40. The molecule has 0 aliphatic heterocycles. The van der Waals surface area contributed by atoms with Crippen LogP contribution in [0.3, 0.4) is 0 Å². The maximum Gasteiger partial charge on any atom is 0.242 e. The molecule has 27 heavy (non-hydrogen) atoms. The van der Waals surface area contributed by atoms with Crippen LogP contribution in [-0.2, 0) is 22.6 Å². The molecule has 2 aromatic rings. The van der Waals surface area contributed by atoms with Crippen molar-refractivity contribution in [3.8, 4) is 0 Å². The molecule has 2 rings (SSSR count). The molecule has 1 atom stereocenters. The summed E-state index contributed by atoms with van der Waals surface area (Å²) in [4.78, 5) is 27.3. The topological polar surface area (TPSA) is 49.4 Å². The summed E-state index contributed by atoms with van der Waals surface area (Å²) in [5.41, 5.74) is 1.69. The van der Waals surface area contributed by atoms with Crippen molar-refractivity contribution in [2.45, 2.75) is 45.7 Å². The van der Waals surface area contributed by atoms with Crippen LogP contribution in [0.4, 0.5) is 4.39 Å². The van der Waals surface area contributed by atoms with Gasteiger partial charge >= 0.3 is 0 Å². The number of halogens is 1. The molecule has 0 bridgehead atoms. The lowest BCUT2D eigenvalue weighted by atomic mass is 10.1. The molecule has 0 saturated carbocycles. The van der Waals surface area contributed by atoms with Crippen molar-refractivity contribution in [3.63, 3.8) is 0 Å². The van der Waals surface area contributed by atoms with E-state index in [-0.39, 0.29) is 24.1 Å². The maximum absolute atomic E-state index is 13.1. The summed E-state index contributed by atoms with van der Waals surface area (Å²) in [5.74, 6) is -0.621. The number of nitrogens with one attached hydrogen (secondary N) is 1. The Morgan fingerprint density at radius 1 is 1.00 bits per heavy atom. The Hall–Kier alpha value is -2.69. The van der Waals surface area contributed by atoms with Gasteiger partial charge in [-0.05, 0) is 36.1 Å². The van der Waals surface area contributed by atoms with Gasteiger partial charge in [-0.3, -0.25) is 9.59 Å². The first kappa shape index (κ1) is 20.6. The molecule has 4 nitrogen and oxygen atoms in total. The third kappa shape index (κ3) is 6.20. The summed E-state index contributed by atoms with van der Waals surface area (Å²) in [6.07, 6.45) is 1.49. The SMILES string of the molecule is CCCNC(=O)C(CC)N(Cc1ccccc1)C(=O)Cc1ccc(F)cc1. The molecule has 2 aromatic carbocycles. The molecule has 0 aliphatic carbocycles. The summed E-state index contributed by atoms with van der Waals surface area (Å²) >= 11 is 0. The lowest BCUT2D eigenvalue weighted by Crippen LogP contribution is -2.49. The van der Waals surface area contributed by atoms with E-state index in [1.54, 1.807) is 17.0 Å². The predicted molar refractivity (Wildman–Crippen MR) is 104 cm³/mol. The molecule has 2 amide bonds. The lowest BCUT2D eigenvalue weighted by molar-refractivity contribution is -0.140. The van der Waals surface area contributed by atoms with Gasteiger partial charge in [0.15, 0.2) is 0 Å². The molecule has 1 N–H and O–H groups in total. The van der Waals surface area contributed by atoms with Gasteiger partial charge in [0.1, 0.15) is 11.9 Å². The first-order valence-electron chi connectivity index (χ1n) is 9.40. The third-order valence-electron chi connectivity index (χ3n) is 4.40. The van der Waals surface area contributed by atoms with Crippen LogP contribution in [-0.4, -0.2) is 29.3 Å². The number of benzene rings is 2. The molecule has 0 spiro atoms. The number of rotatable bonds is 9. The van der Waals surface area contributed by atoms with Crippen molar-refractivity contribution in [3.05, 3.63) is 71.5 Å². The molecule has 0 heterocycles. The highest BCUT2D eigenvalue weighted by Crippen LogP contribution is 2.15. The molecule has 0 radical (unpaired) electrons. The summed E-state index contributed by atoms with van der Waals surface area (Å²) in [7, 11) is 0.